The van der Waals surface area contributed by atoms with Crippen molar-refractivity contribution >= 4 is 24.7 Å². The molecule has 8 heteroatoms. The van der Waals surface area contributed by atoms with Crippen LogP contribution in [0.25, 0.3) is 10.9 Å². The van der Waals surface area contributed by atoms with E-state index < -0.39 is 8.07 Å². The van der Waals surface area contributed by atoms with E-state index in [0.29, 0.717) is 29.3 Å². The predicted molar refractivity (Wildman–Crippen MR) is 116 cm³/mol. The molecule has 1 fully saturated rings. The van der Waals surface area contributed by atoms with Gasteiger partial charge in [0.15, 0.2) is 0 Å². The third-order valence-corrected chi connectivity index (χ3v) is 6.99. The Morgan fingerprint density at radius 3 is 2.57 bits per heavy atom. The zero-order valence-corrected chi connectivity index (χ0v) is 18.9. The van der Waals surface area contributed by atoms with Gasteiger partial charge in [0.2, 0.25) is 0 Å². The fourth-order valence-corrected chi connectivity index (χ4v) is 4.04. The maximum Gasteiger partial charge on any atom is 0.265 e. The Hall–Kier alpha value is -1.90. The molecule has 1 saturated heterocycles. The second-order valence-electron chi connectivity index (χ2n) is 8.90. The van der Waals surface area contributed by atoms with Crippen molar-refractivity contribution in [2.45, 2.75) is 38.5 Å². The van der Waals surface area contributed by atoms with Crippen LogP contribution in [0.15, 0.2) is 23.3 Å². The highest BCUT2D eigenvalue weighted by atomic mass is 28.3. The van der Waals surface area contributed by atoms with Crippen LogP contribution >= 0.6 is 0 Å². The van der Waals surface area contributed by atoms with Crippen LogP contribution in [0.3, 0.4) is 0 Å². The Bertz CT molecular complexity index is 885. The fourth-order valence-electron chi connectivity index (χ4n) is 3.28. The normalized spacial score (nSPS) is 15.3. The summed E-state index contributed by atoms with van der Waals surface area (Å²) in [6, 6.07) is 5.28. The molecule has 0 atom stereocenters. The Morgan fingerprint density at radius 2 is 1.96 bits per heavy atom. The number of aromatic nitrogens is 2. The number of likely N-dealkylation sites (N-methyl/N-ethyl adjacent to an activating group) is 1. The van der Waals surface area contributed by atoms with Gasteiger partial charge in [0.05, 0.1) is 23.7 Å². The molecule has 1 aromatic carbocycles. The molecule has 0 unspecified atom stereocenters. The summed E-state index contributed by atoms with van der Waals surface area (Å²) in [5.41, 5.74) is 1.44. The average Bonchev–Trinajstić information content (AvgIpc) is 2.57. The topological polar surface area (TPSA) is 59.8 Å². The first-order valence-corrected chi connectivity index (χ1v) is 13.5. The van der Waals surface area contributed by atoms with Crippen LogP contribution in [-0.2, 0) is 11.5 Å². The SMILES string of the molecule is COc1ccc2ncn(COCC[Si](C)(C)C)c(=O)c2c1N1CC(N(C)C)C1. The third kappa shape index (κ3) is 4.39. The molecule has 154 valence electrons. The summed E-state index contributed by atoms with van der Waals surface area (Å²) in [5.74, 6) is 0.709. The number of hydrogen-bond donors (Lipinski definition) is 0. The predicted octanol–water partition coefficient (Wildman–Crippen LogP) is 2.47. The van der Waals surface area contributed by atoms with Gasteiger partial charge in [-0.1, -0.05) is 19.6 Å². The highest BCUT2D eigenvalue weighted by molar-refractivity contribution is 6.76. The van der Waals surface area contributed by atoms with Crippen LogP contribution in [0.2, 0.25) is 25.7 Å². The lowest BCUT2D eigenvalue weighted by molar-refractivity contribution is 0.0844. The van der Waals surface area contributed by atoms with Crippen LogP contribution in [-0.4, -0.2) is 69.5 Å². The summed E-state index contributed by atoms with van der Waals surface area (Å²) in [6.45, 7) is 9.56. The lowest BCUT2D eigenvalue weighted by atomic mass is 10.0. The molecule has 3 rings (SSSR count). The van der Waals surface area contributed by atoms with Crippen molar-refractivity contribution in [1.82, 2.24) is 14.5 Å². The molecule has 0 N–H and O–H groups in total. The largest absolute Gasteiger partial charge is 0.495 e. The van der Waals surface area contributed by atoms with Crippen molar-refractivity contribution < 1.29 is 9.47 Å². The van der Waals surface area contributed by atoms with Gasteiger partial charge < -0.3 is 19.3 Å². The Kier molecular flexibility index (Phi) is 6.11. The summed E-state index contributed by atoms with van der Waals surface area (Å²) >= 11 is 0. The third-order valence-electron chi connectivity index (χ3n) is 5.29. The number of hydrogen-bond acceptors (Lipinski definition) is 6. The molecule has 0 radical (unpaired) electrons. The van der Waals surface area contributed by atoms with Crippen LogP contribution in [0.1, 0.15) is 0 Å². The van der Waals surface area contributed by atoms with Crippen LogP contribution < -0.4 is 15.2 Å². The zero-order chi connectivity index (χ0) is 20.5. The van der Waals surface area contributed by atoms with E-state index in [-0.39, 0.29) is 12.3 Å². The number of rotatable bonds is 8. The standard InChI is InChI=1S/C20H32N4O3Si/c1-22(2)15-11-23(12-15)19-17(26-3)8-7-16-18(19)20(25)24(13-21-16)14-27-9-10-28(4,5)6/h7-8,13,15H,9-12,14H2,1-6H3. The van der Waals surface area contributed by atoms with E-state index in [2.05, 4.69) is 48.5 Å². The minimum Gasteiger partial charge on any atom is -0.495 e. The van der Waals surface area contributed by atoms with Gasteiger partial charge in [0.25, 0.3) is 5.56 Å². The van der Waals surface area contributed by atoms with Crippen molar-refractivity contribution in [3.05, 3.63) is 28.8 Å². The van der Waals surface area contributed by atoms with Gasteiger partial charge >= 0.3 is 0 Å². The van der Waals surface area contributed by atoms with Gasteiger partial charge in [-0.25, -0.2) is 4.98 Å². The molecule has 0 spiro atoms. The first-order chi connectivity index (χ1) is 13.2. The molecule has 0 saturated carbocycles. The molecule has 7 nitrogen and oxygen atoms in total. The number of ether oxygens (including phenoxy) is 2. The lowest BCUT2D eigenvalue weighted by Gasteiger charge is -2.44. The highest BCUT2D eigenvalue weighted by Crippen LogP contribution is 2.37. The summed E-state index contributed by atoms with van der Waals surface area (Å²) in [7, 11) is 4.64. The van der Waals surface area contributed by atoms with E-state index in [0.717, 1.165) is 24.8 Å². The summed E-state index contributed by atoms with van der Waals surface area (Å²) < 4.78 is 12.9. The van der Waals surface area contributed by atoms with Gasteiger partial charge in [-0.2, -0.15) is 0 Å². The van der Waals surface area contributed by atoms with Crippen molar-refractivity contribution in [2.24, 2.45) is 0 Å². The maximum atomic E-state index is 13.2. The van der Waals surface area contributed by atoms with Crippen molar-refractivity contribution in [2.75, 3.05) is 45.8 Å². The fraction of sp³-hybridized carbons (Fsp3) is 0.600. The van der Waals surface area contributed by atoms with Gasteiger partial charge in [-0.05, 0) is 32.3 Å². The Labute approximate surface area is 167 Å². The molecule has 1 aromatic heterocycles. The minimum atomic E-state index is -1.16. The first kappa shape index (κ1) is 20.8. The number of fused-ring (bicyclic) bond motifs is 1. The number of nitrogens with zero attached hydrogens (tertiary/aromatic N) is 4. The Balaban J connectivity index is 1.90. The van der Waals surface area contributed by atoms with Crippen LogP contribution in [0.5, 0.6) is 5.75 Å². The molecular weight excluding hydrogens is 372 g/mol. The van der Waals surface area contributed by atoms with E-state index in [9.17, 15) is 4.79 Å². The van der Waals surface area contributed by atoms with E-state index in [4.69, 9.17) is 9.47 Å². The molecular formula is C20H32N4O3Si. The molecule has 0 bridgehead atoms. The van der Waals surface area contributed by atoms with Crippen molar-refractivity contribution in [3.63, 3.8) is 0 Å². The number of methoxy groups -OCH3 is 1. The molecule has 2 heterocycles. The van der Waals surface area contributed by atoms with Gasteiger partial charge in [0, 0.05) is 33.8 Å². The molecule has 1 aliphatic heterocycles. The summed E-state index contributed by atoms with van der Waals surface area (Å²) in [4.78, 5) is 22.1. The van der Waals surface area contributed by atoms with E-state index in [1.165, 1.54) is 0 Å². The smallest absolute Gasteiger partial charge is 0.265 e. The zero-order valence-electron chi connectivity index (χ0n) is 17.9. The monoisotopic (exact) mass is 404 g/mol. The number of benzene rings is 1. The van der Waals surface area contributed by atoms with Crippen molar-refractivity contribution in [3.8, 4) is 5.75 Å². The van der Waals surface area contributed by atoms with E-state index >= 15 is 0 Å². The molecule has 1 aliphatic rings. The number of anilines is 1. The maximum absolute atomic E-state index is 13.2. The quantitative estimate of drug-likeness (QED) is 0.498. The summed E-state index contributed by atoms with van der Waals surface area (Å²) in [5, 5.41) is 0.604. The highest BCUT2D eigenvalue weighted by Gasteiger charge is 2.32. The molecule has 0 aliphatic carbocycles. The van der Waals surface area contributed by atoms with E-state index in [1.54, 1.807) is 18.0 Å². The Morgan fingerprint density at radius 1 is 1.25 bits per heavy atom. The first-order valence-electron chi connectivity index (χ1n) is 9.76. The summed E-state index contributed by atoms with van der Waals surface area (Å²) in [6.07, 6.45) is 1.58. The minimum absolute atomic E-state index is 0.0831. The van der Waals surface area contributed by atoms with Gasteiger partial charge in [-0.15, -0.1) is 0 Å². The molecule has 0 amide bonds. The van der Waals surface area contributed by atoms with Crippen molar-refractivity contribution in [1.29, 1.82) is 0 Å². The molecule has 28 heavy (non-hydrogen) atoms. The molecule has 2 aromatic rings. The van der Waals surface area contributed by atoms with E-state index in [1.807, 2.05) is 12.1 Å². The van der Waals surface area contributed by atoms with Gasteiger partial charge in [0.1, 0.15) is 18.8 Å². The van der Waals surface area contributed by atoms with Crippen LogP contribution in [0, 0.1) is 0 Å². The average molecular weight is 405 g/mol. The van der Waals surface area contributed by atoms with Gasteiger partial charge in [-0.3, -0.25) is 9.36 Å². The van der Waals surface area contributed by atoms with Crippen LogP contribution in [0.4, 0.5) is 5.69 Å². The second kappa shape index (κ2) is 8.22. The lowest BCUT2D eigenvalue weighted by Crippen LogP contribution is -2.57. The second-order valence-corrected chi connectivity index (χ2v) is 14.5.